The van der Waals surface area contributed by atoms with Gasteiger partial charge in [0.15, 0.2) is 0 Å². The van der Waals surface area contributed by atoms with Gasteiger partial charge in [-0.3, -0.25) is 4.79 Å². The third-order valence-electron chi connectivity index (χ3n) is 1.73. The Morgan fingerprint density at radius 3 is 2.45 bits per heavy atom. The molecule has 0 fully saturated rings. The smallest absolute Gasteiger partial charge is 0.308 e. The van der Waals surface area contributed by atoms with Crippen LogP contribution < -0.4 is 0 Å². The molecule has 0 aromatic carbocycles. The van der Waals surface area contributed by atoms with Crippen LogP contribution in [0.2, 0.25) is 0 Å². The number of hydrogen-bond donors (Lipinski definition) is 2. The number of carbonyl (C=O) groups is 1. The molecule has 0 heterocycles. The number of aliphatic hydroxyl groups is 1. The first-order valence-electron chi connectivity index (χ1n) is 4.06. The van der Waals surface area contributed by atoms with E-state index in [4.69, 9.17) is 10.2 Å². The topological polar surface area (TPSA) is 57.5 Å². The zero-order valence-corrected chi connectivity index (χ0v) is 6.92. The lowest BCUT2D eigenvalue weighted by atomic mass is 10.0. The predicted molar refractivity (Wildman–Crippen MR) is 42.4 cm³/mol. The minimum atomic E-state index is -0.886. The maximum Gasteiger partial charge on any atom is 0.308 e. The summed E-state index contributed by atoms with van der Waals surface area (Å²) >= 11 is 0. The Morgan fingerprint density at radius 1 is 1.45 bits per heavy atom. The first-order valence-corrected chi connectivity index (χ1v) is 4.06. The molecule has 0 aromatic heterocycles. The van der Waals surface area contributed by atoms with E-state index in [0.717, 1.165) is 19.3 Å². The fourth-order valence-electron chi connectivity index (χ4n) is 0.934. The Morgan fingerprint density at radius 2 is 2.09 bits per heavy atom. The second-order valence-corrected chi connectivity index (χ2v) is 2.71. The van der Waals surface area contributed by atoms with E-state index >= 15 is 0 Å². The molecule has 2 N–H and O–H groups in total. The van der Waals surface area contributed by atoms with E-state index in [1.54, 1.807) is 0 Å². The van der Waals surface area contributed by atoms with Gasteiger partial charge in [-0.25, -0.2) is 0 Å². The van der Waals surface area contributed by atoms with E-state index < -0.39 is 11.9 Å². The number of aliphatic carboxylic acids is 1. The lowest BCUT2D eigenvalue weighted by Crippen LogP contribution is -2.17. The lowest BCUT2D eigenvalue weighted by Gasteiger charge is -2.06. The number of aliphatic hydroxyl groups excluding tert-OH is 1. The molecule has 1 unspecified atom stereocenters. The van der Waals surface area contributed by atoms with Crippen molar-refractivity contribution in [2.75, 3.05) is 6.61 Å². The highest BCUT2D eigenvalue weighted by Gasteiger charge is 2.14. The van der Waals surface area contributed by atoms with Gasteiger partial charge in [-0.2, -0.15) is 0 Å². The predicted octanol–water partition coefficient (Wildman–Crippen LogP) is 1.26. The molecule has 0 bridgehead atoms. The highest BCUT2D eigenvalue weighted by atomic mass is 16.4. The summed E-state index contributed by atoms with van der Waals surface area (Å²) in [5.74, 6) is -1.44. The average Bonchev–Trinajstić information content (AvgIpc) is 1.97. The number of unbranched alkanes of at least 4 members (excludes halogenated alkanes) is 2. The first kappa shape index (κ1) is 10.4. The molecule has 0 aliphatic rings. The Kier molecular flexibility index (Phi) is 5.84. The van der Waals surface area contributed by atoms with Crippen molar-refractivity contribution in [1.29, 1.82) is 0 Å². The van der Waals surface area contributed by atoms with Crippen LogP contribution in [0, 0.1) is 5.92 Å². The second-order valence-electron chi connectivity index (χ2n) is 2.71. The molecule has 1 atom stereocenters. The van der Waals surface area contributed by atoms with Crippen LogP contribution in [-0.4, -0.2) is 22.8 Å². The van der Waals surface area contributed by atoms with Crippen molar-refractivity contribution < 1.29 is 15.0 Å². The Hall–Kier alpha value is -0.570. The van der Waals surface area contributed by atoms with Gasteiger partial charge in [0, 0.05) is 0 Å². The SMILES string of the molecule is CCCCCC(CO)C(=O)O. The molecule has 0 saturated carbocycles. The van der Waals surface area contributed by atoms with E-state index in [0.29, 0.717) is 6.42 Å². The second kappa shape index (κ2) is 6.16. The van der Waals surface area contributed by atoms with Gasteiger partial charge in [-0.1, -0.05) is 26.2 Å². The summed E-state index contributed by atoms with van der Waals surface area (Å²) in [6.45, 7) is 1.83. The molecule has 0 rings (SSSR count). The molecule has 0 aromatic rings. The van der Waals surface area contributed by atoms with E-state index in [2.05, 4.69) is 6.92 Å². The van der Waals surface area contributed by atoms with Crippen LogP contribution in [0.5, 0.6) is 0 Å². The van der Waals surface area contributed by atoms with Crippen LogP contribution >= 0.6 is 0 Å². The van der Waals surface area contributed by atoms with E-state index in [1.165, 1.54) is 0 Å². The van der Waals surface area contributed by atoms with Gasteiger partial charge < -0.3 is 10.2 Å². The van der Waals surface area contributed by atoms with E-state index in [1.807, 2.05) is 0 Å². The van der Waals surface area contributed by atoms with Crippen molar-refractivity contribution in [1.82, 2.24) is 0 Å². The van der Waals surface area contributed by atoms with Crippen molar-refractivity contribution in [2.45, 2.75) is 32.6 Å². The van der Waals surface area contributed by atoms with Gasteiger partial charge in [0.1, 0.15) is 0 Å². The van der Waals surface area contributed by atoms with Crippen molar-refractivity contribution in [3.05, 3.63) is 0 Å². The molecule has 0 spiro atoms. The van der Waals surface area contributed by atoms with E-state index in [9.17, 15) is 4.79 Å². The van der Waals surface area contributed by atoms with Gasteiger partial charge in [-0.05, 0) is 6.42 Å². The minimum Gasteiger partial charge on any atom is -0.481 e. The zero-order chi connectivity index (χ0) is 8.69. The average molecular weight is 160 g/mol. The summed E-state index contributed by atoms with van der Waals surface area (Å²) in [7, 11) is 0. The summed E-state index contributed by atoms with van der Waals surface area (Å²) in [5, 5.41) is 17.1. The van der Waals surface area contributed by atoms with Crippen LogP contribution in [0.4, 0.5) is 0 Å². The molecule has 0 aliphatic heterocycles. The molecule has 66 valence electrons. The summed E-state index contributed by atoms with van der Waals surface area (Å²) < 4.78 is 0. The van der Waals surface area contributed by atoms with Crippen LogP contribution in [0.3, 0.4) is 0 Å². The molecule has 0 aliphatic carbocycles. The summed E-state index contributed by atoms with van der Waals surface area (Å²) in [6, 6.07) is 0. The number of rotatable bonds is 6. The maximum atomic E-state index is 10.4. The molecule has 3 heteroatoms. The Labute approximate surface area is 67.0 Å². The zero-order valence-electron chi connectivity index (χ0n) is 6.92. The van der Waals surface area contributed by atoms with Crippen LogP contribution in [0.1, 0.15) is 32.6 Å². The fourth-order valence-corrected chi connectivity index (χ4v) is 0.934. The molecule has 0 radical (unpaired) electrons. The van der Waals surface area contributed by atoms with Crippen LogP contribution in [0.15, 0.2) is 0 Å². The highest BCUT2D eigenvalue weighted by molar-refractivity contribution is 5.69. The monoisotopic (exact) mass is 160 g/mol. The lowest BCUT2D eigenvalue weighted by molar-refractivity contribution is -0.143. The molecular weight excluding hydrogens is 144 g/mol. The van der Waals surface area contributed by atoms with Gasteiger partial charge in [0.2, 0.25) is 0 Å². The quantitative estimate of drug-likeness (QED) is 0.575. The van der Waals surface area contributed by atoms with Gasteiger partial charge in [0.25, 0.3) is 0 Å². The number of carboxylic acids is 1. The van der Waals surface area contributed by atoms with Crippen molar-refractivity contribution in [3.63, 3.8) is 0 Å². The maximum absolute atomic E-state index is 10.4. The van der Waals surface area contributed by atoms with Crippen LogP contribution in [-0.2, 0) is 4.79 Å². The minimum absolute atomic E-state index is 0.237. The Balaban J connectivity index is 3.44. The van der Waals surface area contributed by atoms with Crippen molar-refractivity contribution >= 4 is 5.97 Å². The van der Waals surface area contributed by atoms with Gasteiger partial charge in [0.05, 0.1) is 12.5 Å². The number of carboxylic acid groups (broad SMARTS) is 1. The third-order valence-corrected chi connectivity index (χ3v) is 1.73. The fraction of sp³-hybridized carbons (Fsp3) is 0.875. The standard InChI is InChI=1S/C8H16O3/c1-2-3-4-5-7(6-9)8(10)11/h7,9H,2-6H2,1H3,(H,10,11). The third kappa shape index (κ3) is 4.79. The van der Waals surface area contributed by atoms with Gasteiger partial charge in [-0.15, -0.1) is 0 Å². The van der Waals surface area contributed by atoms with Crippen molar-refractivity contribution in [3.8, 4) is 0 Å². The summed E-state index contributed by atoms with van der Waals surface area (Å²) in [5.41, 5.74) is 0. The summed E-state index contributed by atoms with van der Waals surface area (Å²) in [6.07, 6.45) is 3.62. The normalized spacial score (nSPS) is 12.9. The van der Waals surface area contributed by atoms with Gasteiger partial charge >= 0.3 is 5.97 Å². The number of hydrogen-bond acceptors (Lipinski definition) is 2. The largest absolute Gasteiger partial charge is 0.481 e. The molecule has 0 amide bonds. The molecular formula is C8H16O3. The first-order chi connectivity index (χ1) is 5.22. The molecule has 11 heavy (non-hydrogen) atoms. The van der Waals surface area contributed by atoms with E-state index in [-0.39, 0.29) is 6.61 Å². The summed E-state index contributed by atoms with van der Waals surface area (Å²) in [4.78, 5) is 10.4. The molecule has 0 saturated heterocycles. The Bertz CT molecular complexity index is 112. The molecule has 3 nitrogen and oxygen atoms in total. The van der Waals surface area contributed by atoms with Crippen molar-refractivity contribution in [2.24, 2.45) is 5.92 Å². The van der Waals surface area contributed by atoms with Crippen LogP contribution in [0.25, 0.3) is 0 Å². The highest BCUT2D eigenvalue weighted by Crippen LogP contribution is 2.08.